The first kappa shape index (κ1) is 18.8. The number of aryl methyl sites for hydroxylation is 2. The molecule has 2 heterocycles. The molecule has 140 valence electrons. The van der Waals surface area contributed by atoms with E-state index in [0.29, 0.717) is 23.9 Å². The zero-order valence-corrected chi connectivity index (χ0v) is 16.2. The molecule has 0 spiro atoms. The lowest BCUT2D eigenvalue weighted by atomic mass is 9.94. The van der Waals surface area contributed by atoms with Crippen LogP contribution in [0, 0.1) is 19.8 Å². The monoisotopic (exact) mass is 366 g/mol. The van der Waals surface area contributed by atoms with Crippen LogP contribution in [0.2, 0.25) is 0 Å². The normalized spacial score (nSPS) is 21.5. The summed E-state index contributed by atoms with van der Waals surface area (Å²) in [5.74, 6) is 0.633. The molecule has 2 aliphatic rings. The van der Waals surface area contributed by atoms with Crippen molar-refractivity contribution in [3.8, 4) is 0 Å². The van der Waals surface area contributed by atoms with E-state index < -0.39 is 10.0 Å². The van der Waals surface area contributed by atoms with Crippen LogP contribution >= 0.6 is 0 Å². The molecule has 1 aromatic carbocycles. The first-order valence-corrected chi connectivity index (χ1v) is 10.8. The summed E-state index contributed by atoms with van der Waals surface area (Å²) in [6.07, 6.45) is 3.10. The van der Waals surface area contributed by atoms with Crippen molar-refractivity contribution in [2.75, 3.05) is 45.9 Å². The standard InChI is InChI=1S/C19H30N2O3S/c1-16-3-4-19(15-17(16)2)25(22,23)21-9-6-18(7-10-21)5-8-20-11-13-24-14-12-20/h3-4,15,18H,5-14H2,1-2H3. The maximum atomic E-state index is 12.9. The predicted octanol–water partition coefficient (Wildman–Crippen LogP) is 2.43. The molecule has 0 unspecified atom stereocenters. The Bertz CT molecular complexity index is 676. The van der Waals surface area contributed by atoms with Crippen LogP contribution in [0.25, 0.3) is 0 Å². The summed E-state index contributed by atoms with van der Waals surface area (Å²) in [7, 11) is -3.35. The number of hydrogen-bond donors (Lipinski definition) is 0. The van der Waals surface area contributed by atoms with Crippen LogP contribution in [-0.2, 0) is 14.8 Å². The van der Waals surface area contributed by atoms with Gasteiger partial charge in [0.05, 0.1) is 18.1 Å². The minimum atomic E-state index is -3.35. The third-order valence-electron chi connectivity index (χ3n) is 5.65. The molecule has 1 aromatic rings. The molecule has 25 heavy (non-hydrogen) atoms. The quantitative estimate of drug-likeness (QED) is 0.803. The Hall–Kier alpha value is -0.950. The number of hydrogen-bond acceptors (Lipinski definition) is 4. The Kier molecular flexibility index (Phi) is 6.15. The van der Waals surface area contributed by atoms with E-state index in [1.807, 2.05) is 19.9 Å². The highest BCUT2D eigenvalue weighted by atomic mass is 32.2. The second-order valence-corrected chi connectivity index (χ2v) is 9.27. The summed E-state index contributed by atoms with van der Waals surface area (Å²) in [4.78, 5) is 2.89. The third kappa shape index (κ3) is 4.61. The highest BCUT2D eigenvalue weighted by Crippen LogP contribution is 2.26. The van der Waals surface area contributed by atoms with Gasteiger partial charge in [0.15, 0.2) is 0 Å². The van der Waals surface area contributed by atoms with Crippen molar-refractivity contribution in [2.45, 2.75) is 38.0 Å². The van der Waals surface area contributed by atoms with E-state index in [1.165, 1.54) is 0 Å². The molecule has 0 N–H and O–H groups in total. The molecule has 0 aromatic heterocycles. The van der Waals surface area contributed by atoms with Crippen LogP contribution in [0.5, 0.6) is 0 Å². The molecule has 0 saturated carbocycles. The van der Waals surface area contributed by atoms with Gasteiger partial charge in [-0.1, -0.05) is 6.07 Å². The molecular formula is C19H30N2O3S. The Balaban J connectivity index is 1.53. The highest BCUT2D eigenvalue weighted by Gasteiger charge is 2.29. The van der Waals surface area contributed by atoms with Crippen LogP contribution in [0.1, 0.15) is 30.4 Å². The van der Waals surface area contributed by atoms with Gasteiger partial charge in [-0.15, -0.1) is 0 Å². The Morgan fingerprint density at radius 1 is 1.04 bits per heavy atom. The number of sulfonamides is 1. The minimum absolute atomic E-state index is 0.433. The Morgan fingerprint density at radius 2 is 1.72 bits per heavy atom. The largest absolute Gasteiger partial charge is 0.379 e. The lowest BCUT2D eigenvalue weighted by Crippen LogP contribution is -2.40. The van der Waals surface area contributed by atoms with Crippen molar-refractivity contribution in [1.29, 1.82) is 0 Å². The van der Waals surface area contributed by atoms with Crippen LogP contribution < -0.4 is 0 Å². The van der Waals surface area contributed by atoms with Crippen molar-refractivity contribution in [1.82, 2.24) is 9.21 Å². The van der Waals surface area contributed by atoms with E-state index >= 15 is 0 Å². The average molecular weight is 367 g/mol. The molecule has 2 aliphatic heterocycles. The molecule has 6 heteroatoms. The lowest BCUT2D eigenvalue weighted by Gasteiger charge is -2.33. The first-order chi connectivity index (χ1) is 12.0. The summed E-state index contributed by atoms with van der Waals surface area (Å²) in [6, 6.07) is 5.44. The Morgan fingerprint density at radius 3 is 2.36 bits per heavy atom. The van der Waals surface area contributed by atoms with E-state index in [-0.39, 0.29) is 0 Å². The molecule has 2 fully saturated rings. The molecule has 0 aliphatic carbocycles. The number of benzene rings is 1. The lowest BCUT2D eigenvalue weighted by molar-refractivity contribution is 0.0343. The fraction of sp³-hybridized carbons (Fsp3) is 0.684. The number of piperidine rings is 1. The molecule has 0 radical (unpaired) electrons. The zero-order valence-electron chi connectivity index (χ0n) is 15.4. The molecular weight excluding hydrogens is 336 g/mol. The van der Waals surface area contributed by atoms with Crippen LogP contribution in [0.3, 0.4) is 0 Å². The van der Waals surface area contributed by atoms with Crippen molar-refractivity contribution in [3.05, 3.63) is 29.3 Å². The summed E-state index contributed by atoms with van der Waals surface area (Å²) in [5, 5.41) is 0. The van der Waals surface area contributed by atoms with Crippen molar-refractivity contribution in [2.24, 2.45) is 5.92 Å². The molecule has 3 rings (SSSR count). The second-order valence-electron chi connectivity index (χ2n) is 7.34. The smallest absolute Gasteiger partial charge is 0.243 e. The van der Waals surface area contributed by atoms with Gasteiger partial charge in [-0.2, -0.15) is 4.31 Å². The fourth-order valence-corrected chi connectivity index (χ4v) is 5.21. The van der Waals surface area contributed by atoms with Crippen LogP contribution in [0.4, 0.5) is 0 Å². The van der Waals surface area contributed by atoms with Gasteiger partial charge in [-0.25, -0.2) is 8.42 Å². The van der Waals surface area contributed by atoms with Gasteiger partial charge in [0.1, 0.15) is 0 Å². The Labute approximate surface area is 152 Å². The van der Waals surface area contributed by atoms with Crippen molar-refractivity contribution in [3.63, 3.8) is 0 Å². The maximum absolute atomic E-state index is 12.9. The van der Waals surface area contributed by atoms with Crippen molar-refractivity contribution >= 4 is 10.0 Å². The first-order valence-electron chi connectivity index (χ1n) is 9.34. The van der Waals surface area contributed by atoms with E-state index in [2.05, 4.69) is 4.90 Å². The van der Waals surface area contributed by atoms with Gasteiger partial charge >= 0.3 is 0 Å². The van der Waals surface area contributed by atoms with E-state index in [9.17, 15) is 8.42 Å². The van der Waals surface area contributed by atoms with E-state index in [4.69, 9.17) is 4.74 Å². The topological polar surface area (TPSA) is 49.9 Å². The van der Waals surface area contributed by atoms with E-state index in [1.54, 1.807) is 16.4 Å². The summed E-state index contributed by atoms with van der Waals surface area (Å²) >= 11 is 0. The molecule has 0 amide bonds. The highest BCUT2D eigenvalue weighted by molar-refractivity contribution is 7.89. The molecule has 5 nitrogen and oxygen atoms in total. The number of rotatable bonds is 5. The summed E-state index contributed by atoms with van der Waals surface area (Å²) in [6.45, 7) is 10.1. The zero-order chi connectivity index (χ0) is 17.9. The average Bonchev–Trinajstić information content (AvgIpc) is 2.63. The van der Waals surface area contributed by atoms with Gasteiger partial charge in [-0.05, 0) is 68.8 Å². The molecule has 0 bridgehead atoms. The van der Waals surface area contributed by atoms with Crippen LogP contribution in [0.15, 0.2) is 23.1 Å². The number of morpholine rings is 1. The van der Waals surface area contributed by atoms with Gasteiger partial charge in [0.25, 0.3) is 0 Å². The fourth-order valence-electron chi connectivity index (χ4n) is 3.65. The van der Waals surface area contributed by atoms with Gasteiger partial charge in [-0.3, -0.25) is 4.90 Å². The number of nitrogens with zero attached hydrogens (tertiary/aromatic N) is 2. The summed E-state index contributed by atoms with van der Waals surface area (Å²) < 4.78 is 32.8. The van der Waals surface area contributed by atoms with Gasteiger partial charge in [0, 0.05) is 26.2 Å². The molecule has 2 saturated heterocycles. The SMILES string of the molecule is Cc1ccc(S(=O)(=O)N2CCC(CCN3CCOCC3)CC2)cc1C. The van der Waals surface area contributed by atoms with Crippen molar-refractivity contribution < 1.29 is 13.2 Å². The van der Waals surface area contributed by atoms with Gasteiger partial charge < -0.3 is 4.74 Å². The third-order valence-corrected chi connectivity index (χ3v) is 7.54. The van der Waals surface area contributed by atoms with E-state index in [0.717, 1.165) is 63.2 Å². The predicted molar refractivity (Wildman–Crippen MR) is 99.3 cm³/mol. The number of ether oxygens (including phenoxy) is 1. The minimum Gasteiger partial charge on any atom is -0.379 e. The van der Waals surface area contributed by atoms with Crippen LogP contribution in [-0.4, -0.2) is 63.6 Å². The second kappa shape index (κ2) is 8.16. The summed E-state index contributed by atoms with van der Waals surface area (Å²) in [5.41, 5.74) is 2.15. The molecule has 0 atom stereocenters. The maximum Gasteiger partial charge on any atom is 0.243 e. The van der Waals surface area contributed by atoms with Gasteiger partial charge in [0.2, 0.25) is 10.0 Å².